The summed E-state index contributed by atoms with van der Waals surface area (Å²) in [5.74, 6) is 0.141. The second kappa shape index (κ2) is 9.20. The maximum Gasteiger partial charge on any atom is 0.251 e. The number of amides is 1. The summed E-state index contributed by atoms with van der Waals surface area (Å²) < 4.78 is 23.5. The summed E-state index contributed by atoms with van der Waals surface area (Å²) in [6.07, 6.45) is 7.93. The molecule has 37 heavy (non-hydrogen) atoms. The second-order valence-electron chi connectivity index (χ2n) is 9.37. The Morgan fingerprint density at radius 3 is 2.86 bits per heavy atom. The van der Waals surface area contributed by atoms with Crippen molar-refractivity contribution in [1.82, 2.24) is 29.7 Å². The summed E-state index contributed by atoms with van der Waals surface area (Å²) in [7, 11) is 1.83. The number of ether oxygens (including phenoxy) is 1. The van der Waals surface area contributed by atoms with E-state index in [0.29, 0.717) is 22.5 Å². The third kappa shape index (κ3) is 4.46. The summed E-state index contributed by atoms with van der Waals surface area (Å²) in [6.45, 7) is 0.141. The number of pyridine rings is 1. The molecule has 6 rings (SSSR count). The van der Waals surface area contributed by atoms with Crippen molar-refractivity contribution in [2.24, 2.45) is 7.05 Å². The number of anilines is 1. The predicted octanol–water partition coefficient (Wildman–Crippen LogP) is 4.26. The van der Waals surface area contributed by atoms with Gasteiger partial charge in [0.05, 0.1) is 17.8 Å². The van der Waals surface area contributed by atoms with Gasteiger partial charge in [-0.1, -0.05) is 0 Å². The molecular weight excluding hydrogens is 473 g/mol. The van der Waals surface area contributed by atoms with Crippen LogP contribution in [0.2, 0.25) is 0 Å². The van der Waals surface area contributed by atoms with Crippen LogP contribution in [0.25, 0.3) is 27.7 Å². The molecule has 1 aliphatic carbocycles. The Bertz CT molecular complexity index is 1640. The zero-order chi connectivity index (χ0) is 25.5. The number of hydrogen-bond acceptors (Lipinski definition) is 6. The van der Waals surface area contributed by atoms with Crippen molar-refractivity contribution < 1.29 is 13.9 Å². The zero-order valence-corrected chi connectivity index (χ0v) is 20.3. The van der Waals surface area contributed by atoms with Crippen LogP contribution in [0, 0.1) is 5.82 Å². The highest BCUT2D eigenvalue weighted by Crippen LogP contribution is 2.31. The van der Waals surface area contributed by atoms with E-state index in [1.807, 2.05) is 25.2 Å². The van der Waals surface area contributed by atoms with Crippen LogP contribution in [0.4, 0.5) is 10.3 Å². The minimum absolute atomic E-state index is 0.132. The molecule has 0 radical (unpaired) electrons. The monoisotopic (exact) mass is 499 g/mol. The number of aryl methyl sites for hydroxylation is 1. The van der Waals surface area contributed by atoms with E-state index in [9.17, 15) is 9.18 Å². The van der Waals surface area contributed by atoms with Gasteiger partial charge in [0.2, 0.25) is 5.95 Å². The molecule has 1 amide bonds. The van der Waals surface area contributed by atoms with Gasteiger partial charge in [0.25, 0.3) is 5.91 Å². The van der Waals surface area contributed by atoms with Gasteiger partial charge in [0, 0.05) is 36.3 Å². The standard InChI is InChI=1S/C27H26FN7O2/c1-34-23-12-17(11-21(22(23)15-31-34)16-8-9-35-25(13-16)32-27(29)33-35)26(36)30-14-18-10-19(28)6-7-24(18)37-20-4-2-3-5-20/h6-13,15,20H,2-5,14H2,1H3,(H2,29,33)(H,30,36). The van der Waals surface area contributed by atoms with Crippen molar-refractivity contribution in [2.45, 2.75) is 38.3 Å². The minimum Gasteiger partial charge on any atom is -0.490 e. The number of fused-ring (bicyclic) bond motifs is 2. The number of halogens is 1. The van der Waals surface area contributed by atoms with Gasteiger partial charge >= 0.3 is 0 Å². The molecule has 3 N–H and O–H groups in total. The van der Waals surface area contributed by atoms with Crippen molar-refractivity contribution in [3.8, 4) is 16.9 Å². The number of carbonyl (C=O) groups excluding carboxylic acids is 1. The summed E-state index contributed by atoms with van der Waals surface area (Å²) in [4.78, 5) is 17.6. The summed E-state index contributed by atoms with van der Waals surface area (Å²) in [5, 5.41) is 12.3. The molecule has 0 spiro atoms. The third-order valence-electron chi connectivity index (χ3n) is 6.85. The fraction of sp³-hybridized carbons (Fsp3) is 0.259. The molecule has 188 valence electrons. The van der Waals surface area contributed by atoms with E-state index in [0.717, 1.165) is 47.7 Å². The molecule has 2 aromatic carbocycles. The number of nitrogens with one attached hydrogen (secondary N) is 1. The fourth-order valence-corrected chi connectivity index (χ4v) is 4.95. The molecule has 3 heterocycles. The molecule has 0 aliphatic heterocycles. The van der Waals surface area contributed by atoms with Gasteiger partial charge < -0.3 is 15.8 Å². The number of nitrogen functional groups attached to an aromatic ring is 1. The van der Waals surface area contributed by atoms with Crippen LogP contribution in [0.5, 0.6) is 5.75 Å². The maximum atomic E-state index is 14.0. The Labute approximate surface area is 212 Å². The quantitative estimate of drug-likeness (QED) is 0.361. The first kappa shape index (κ1) is 23.0. The molecule has 1 saturated carbocycles. The number of hydrogen-bond donors (Lipinski definition) is 2. The molecule has 5 aromatic rings. The van der Waals surface area contributed by atoms with Crippen molar-refractivity contribution in [3.63, 3.8) is 0 Å². The molecular formula is C27H26FN7O2. The maximum absolute atomic E-state index is 14.0. The minimum atomic E-state index is -0.369. The molecule has 1 aliphatic rings. The number of carbonyl (C=O) groups is 1. The van der Waals surface area contributed by atoms with Crippen LogP contribution >= 0.6 is 0 Å². The Morgan fingerprint density at radius 1 is 1.19 bits per heavy atom. The lowest BCUT2D eigenvalue weighted by Crippen LogP contribution is -2.24. The van der Waals surface area contributed by atoms with Crippen LogP contribution in [-0.2, 0) is 13.6 Å². The fourth-order valence-electron chi connectivity index (χ4n) is 4.95. The molecule has 9 nitrogen and oxygen atoms in total. The van der Waals surface area contributed by atoms with Crippen LogP contribution in [0.1, 0.15) is 41.6 Å². The molecule has 0 saturated heterocycles. The van der Waals surface area contributed by atoms with Crippen molar-refractivity contribution >= 4 is 28.4 Å². The Kier molecular flexibility index (Phi) is 5.71. The smallest absolute Gasteiger partial charge is 0.251 e. The molecule has 0 bridgehead atoms. The average Bonchev–Trinajstić information content (AvgIpc) is 3.63. The number of nitrogens with zero attached hydrogens (tertiary/aromatic N) is 5. The summed E-state index contributed by atoms with van der Waals surface area (Å²) in [5.41, 5.74) is 9.90. The van der Waals surface area contributed by atoms with E-state index in [1.54, 1.807) is 33.7 Å². The lowest BCUT2D eigenvalue weighted by atomic mass is 9.99. The SMILES string of the molecule is Cn1ncc2c(-c3ccn4nc(N)nc4c3)cc(C(=O)NCc3cc(F)ccc3OC3CCCC3)cc21. The van der Waals surface area contributed by atoms with Crippen LogP contribution in [-0.4, -0.2) is 36.4 Å². The van der Waals surface area contributed by atoms with E-state index in [2.05, 4.69) is 20.5 Å². The average molecular weight is 500 g/mol. The van der Waals surface area contributed by atoms with E-state index >= 15 is 0 Å². The van der Waals surface area contributed by atoms with Crippen molar-refractivity contribution in [3.05, 3.63) is 71.8 Å². The Balaban J connectivity index is 1.31. The number of rotatable bonds is 6. The normalized spacial score (nSPS) is 14.0. The molecule has 10 heteroatoms. The van der Waals surface area contributed by atoms with Gasteiger partial charge in [-0.2, -0.15) is 10.1 Å². The van der Waals surface area contributed by atoms with Gasteiger partial charge in [-0.15, -0.1) is 5.10 Å². The first-order chi connectivity index (χ1) is 17.9. The number of aromatic nitrogens is 5. The molecule has 1 fully saturated rings. The van der Waals surface area contributed by atoms with Gasteiger partial charge in [0.1, 0.15) is 11.6 Å². The Morgan fingerprint density at radius 2 is 2.03 bits per heavy atom. The lowest BCUT2D eigenvalue weighted by Gasteiger charge is -2.17. The van der Waals surface area contributed by atoms with Gasteiger partial charge in [0.15, 0.2) is 5.65 Å². The molecule has 3 aromatic heterocycles. The number of benzene rings is 2. The van der Waals surface area contributed by atoms with E-state index in [4.69, 9.17) is 10.5 Å². The van der Waals surface area contributed by atoms with Crippen molar-refractivity contribution in [2.75, 3.05) is 5.73 Å². The van der Waals surface area contributed by atoms with Gasteiger partial charge in [-0.3, -0.25) is 9.48 Å². The first-order valence-corrected chi connectivity index (χ1v) is 12.3. The topological polar surface area (TPSA) is 112 Å². The predicted molar refractivity (Wildman–Crippen MR) is 138 cm³/mol. The van der Waals surface area contributed by atoms with Crippen LogP contribution < -0.4 is 15.8 Å². The highest BCUT2D eigenvalue weighted by atomic mass is 19.1. The zero-order valence-electron chi connectivity index (χ0n) is 20.3. The lowest BCUT2D eigenvalue weighted by molar-refractivity contribution is 0.0950. The molecule has 0 unspecified atom stereocenters. The van der Waals surface area contributed by atoms with Gasteiger partial charge in [-0.25, -0.2) is 8.91 Å². The second-order valence-corrected chi connectivity index (χ2v) is 9.37. The number of nitrogens with two attached hydrogens (primary N) is 1. The Hall–Kier alpha value is -4.47. The van der Waals surface area contributed by atoms with Crippen molar-refractivity contribution in [1.29, 1.82) is 0 Å². The largest absolute Gasteiger partial charge is 0.490 e. The van der Waals surface area contributed by atoms with Crippen LogP contribution in [0.15, 0.2) is 54.9 Å². The summed E-state index contributed by atoms with van der Waals surface area (Å²) >= 11 is 0. The van der Waals surface area contributed by atoms with Gasteiger partial charge in [-0.05, 0) is 79.3 Å². The van der Waals surface area contributed by atoms with E-state index in [-0.39, 0.29) is 30.3 Å². The molecule has 0 atom stereocenters. The third-order valence-corrected chi connectivity index (χ3v) is 6.85. The van der Waals surface area contributed by atoms with E-state index < -0.39 is 0 Å². The highest BCUT2D eigenvalue weighted by Gasteiger charge is 2.19. The summed E-state index contributed by atoms with van der Waals surface area (Å²) in [6, 6.07) is 11.8. The van der Waals surface area contributed by atoms with E-state index in [1.165, 1.54) is 12.1 Å². The van der Waals surface area contributed by atoms with Crippen LogP contribution in [0.3, 0.4) is 0 Å². The highest BCUT2D eigenvalue weighted by molar-refractivity contribution is 6.03. The first-order valence-electron chi connectivity index (χ1n) is 12.3.